The predicted molar refractivity (Wildman–Crippen MR) is 65.0 cm³/mol. The van der Waals surface area contributed by atoms with E-state index in [9.17, 15) is 4.79 Å². The molecule has 0 atom stereocenters. The van der Waals surface area contributed by atoms with E-state index in [2.05, 4.69) is 20.6 Å². The molecule has 1 amide bonds. The van der Waals surface area contributed by atoms with E-state index in [0.29, 0.717) is 10.8 Å². The molecule has 17 heavy (non-hydrogen) atoms. The standard InChI is InChI=1S/C10H14ClN5O/c11-8-5-13-7-15-10(8)14-6-9(17)16-3-1-12-2-4-16/h5,7,12H,1-4,6H2,(H,13,14,15). The van der Waals surface area contributed by atoms with Crippen LogP contribution in [-0.4, -0.2) is 53.5 Å². The minimum atomic E-state index is 0.0566. The Balaban J connectivity index is 1.85. The van der Waals surface area contributed by atoms with Gasteiger partial charge in [0, 0.05) is 26.2 Å². The third-order valence-electron chi connectivity index (χ3n) is 2.54. The second-order valence-corrected chi connectivity index (χ2v) is 4.11. The first-order valence-electron chi connectivity index (χ1n) is 5.45. The SMILES string of the molecule is O=C(CNc1ncncc1Cl)N1CCNCC1. The molecule has 2 N–H and O–H groups in total. The Morgan fingerprint density at radius 1 is 1.53 bits per heavy atom. The summed E-state index contributed by atoms with van der Waals surface area (Å²) in [6, 6.07) is 0. The number of carbonyl (C=O) groups is 1. The van der Waals surface area contributed by atoms with E-state index in [4.69, 9.17) is 11.6 Å². The maximum Gasteiger partial charge on any atom is 0.242 e. The summed E-state index contributed by atoms with van der Waals surface area (Å²) in [4.78, 5) is 21.4. The van der Waals surface area contributed by atoms with Crippen LogP contribution in [0.3, 0.4) is 0 Å². The van der Waals surface area contributed by atoms with Gasteiger partial charge in [0.15, 0.2) is 0 Å². The Morgan fingerprint density at radius 3 is 3.00 bits per heavy atom. The summed E-state index contributed by atoms with van der Waals surface area (Å²) in [5, 5.41) is 6.53. The number of hydrogen-bond donors (Lipinski definition) is 2. The molecule has 0 spiro atoms. The summed E-state index contributed by atoms with van der Waals surface area (Å²) < 4.78 is 0. The molecule has 0 bridgehead atoms. The number of anilines is 1. The number of amides is 1. The molecule has 1 saturated heterocycles. The number of aromatic nitrogens is 2. The molecule has 0 radical (unpaired) electrons. The molecule has 0 aliphatic carbocycles. The lowest BCUT2D eigenvalue weighted by molar-refractivity contribution is -0.129. The maximum absolute atomic E-state index is 11.8. The fraction of sp³-hybridized carbons (Fsp3) is 0.500. The maximum atomic E-state index is 11.8. The molecule has 0 aromatic carbocycles. The minimum Gasteiger partial charge on any atom is -0.360 e. The zero-order chi connectivity index (χ0) is 12.1. The zero-order valence-corrected chi connectivity index (χ0v) is 10.1. The fourth-order valence-corrected chi connectivity index (χ4v) is 1.80. The largest absolute Gasteiger partial charge is 0.360 e. The molecular weight excluding hydrogens is 242 g/mol. The first kappa shape index (κ1) is 12.1. The van der Waals surface area contributed by atoms with Crippen LogP contribution in [0, 0.1) is 0 Å². The highest BCUT2D eigenvalue weighted by Gasteiger charge is 2.15. The molecule has 0 saturated carbocycles. The monoisotopic (exact) mass is 255 g/mol. The van der Waals surface area contributed by atoms with E-state index >= 15 is 0 Å². The quantitative estimate of drug-likeness (QED) is 0.794. The van der Waals surface area contributed by atoms with Crippen LogP contribution in [0.2, 0.25) is 5.02 Å². The normalized spacial score (nSPS) is 15.7. The molecule has 1 aliphatic rings. The average molecular weight is 256 g/mol. The van der Waals surface area contributed by atoms with Crippen molar-refractivity contribution in [2.75, 3.05) is 38.0 Å². The van der Waals surface area contributed by atoms with Crippen LogP contribution >= 0.6 is 11.6 Å². The summed E-state index contributed by atoms with van der Waals surface area (Å²) in [6.07, 6.45) is 2.88. The number of halogens is 1. The van der Waals surface area contributed by atoms with Crippen molar-refractivity contribution in [2.24, 2.45) is 0 Å². The minimum absolute atomic E-state index is 0.0566. The van der Waals surface area contributed by atoms with Crippen molar-refractivity contribution in [3.63, 3.8) is 0 Å². The zero-order valence-electron chi connectivity index (χ0n) is 9.32. The number of rotatable bonds is 3. The highest BCUT2D eigenvalue weighted by molar-refractivity contribution is 6.32. The number of nitrogens with one attached hydrogen (secondary N) is 2. The van der Waals surface area contributed by atoms with Gasteiger partial charge in [0.2, 0.25) is 5.91 Å². The Labute approximate surface area is 104 Å². The third kappa shape index (κ3) is 3.28. The smallest absolute Gasteiger partial charge is 0.242 e. The number of piperazine rings is 1. The van der Waals surface area contributed by atoms with Crippen molar-refractivity contribution in [3.05, 3.63) is 17.5 Å². The highest BCUT2D eigenvalue weighted by atomic mass is 35.5. The van der Waals surface area contributed by atoms with E-state index in [1.165, 1.54) is 12.5 Å². The lowest BCUT2D eigenvalue weighted by atomic mass is 10.3. The van der Waals surface area contributed by atoms with E-state index in [1.807, 2.05) is 4.90 Å². The van der Waals surface area contributed by atoms with Crippen molar-refractivity contribution in [3.8, 4) is 0 Å². The second-order valence-electron chi connectivity index (χ2n) is 3.70. The van der Waals surface area contributed by atoms with Gasteiger partial charge >= 0.3 is 0 Å². The van der Waals surface area contributed by atoms with Crippen LogP contribution in [-0.2, 0) is 4.79 Å². The molecule has 1 aromatic heterocycles. The Morgan fingerprint density at radius 2 is 2.29 bits per heavy atom. The van der Waals surface area contributed by atoms with Crippen molar-refractivity contribution in [1.82, 2.24) is 20.2 Å². The molecule has 6 nitrogen and oxygen atoms in total. The Kier molecular flexibility index (Phi) is 4.11. The van der Waals surface area contributed by atoms with Gasteiger partial charge < -0.3 is 15.5 Å². The molecule has 1 fully saturated rings. The molecule has 0 unspecified atom stereocenters. The van der Waals surface area contributed by atoms with Gasteiger partial charge in [-0.2, -0.15) is 0 Å². The lowest BCUT2D eigenvalue weighted by Gasteiger charge is -2.27. The van der Waals surface area contributed by atoms with Gasteiger partial charge in [0.05, 0.1) is 12.7 Å². The van der Waals surface area contributed by atoms with Gasteiger partial charge in [-0.1, -0.05) is 11.6 Å². The number of carbonyl (C=O) groups excluding carboxylic acids is 1. The lowest BCUT2D eigenvalue weighted by Crippen LogP contribution is -2.48. The van der Waals surface area contributed by atoms with E-state index < -0.39 is 0 Å². The van der Waals surface area contributed by atoms with Gasteiger partial charge in [0.1, 0.15) is 17.2 Å². The summed E-state index contributed by atoms with van der Waals surface area (Å²) in [6.45, 7) is 3.40. The third-order valence-corrected chi connectivity index (χ3v) is 2.82. The van der Waals surface area contributed by atoms with Gasteiger partial charge in [-0.05, 0) is 0 Å². The number of hydrogen-bond acceptors (Lipinski definition) is 5. The molecular formula is C10H14ClN5O. The van der Waals surface area contributed by atoms with Gasteiger partial charge in [0.25, 0.3) is 0 Å². The van der Waals surface area contributed by atoms with Gasteiger partial charge in [-0.15, -0.1) is 0 Å². The van der Waals surface area contributed by atoms with Crippen LogP contribution in [0.15, 0.2) is 12.5 Å². The summed E-state index contributed by atoms with van der Waals surface area (Å²) in [7, 11) is 0. The molecule has 2 heterocycles. The average Bonchev–Trinajstić information content (AvgIpc) is 2.38. The van der Waals surface area contributed by atoms with Crippen molar-refractivity contribution in [1.29, 1.82) is 0 Å². The predicted octanol–water partition coefficient (Wildman–Crippen LogP) is -0.0263. The molecule has 1 aromatic rings. The van der Waals surface area contributed by atoms with E-state index in [-0.39, 0.29) is 12.5 Å². The Bertz CT molecular complexity index is 394. The molecule has 1 aliphatic heterocycles. The van der Waals surface area contributed by atoms with E-state index in [1.54, 1.807) is 0 Å². The van der Waals surface area contributed by atoms with Crippen LogP contribution in [0.4, 0.5) is 5.82 Å². The number of nitrogens with zero attached hydrogens (tertiary/aromatic N) is 3. The fourth-order valence-electron chi connectivity index (χ4n) is 1.63. The molecule has 92 valence electrons. The molecule has 2 rings (SSSR count). The van der Waals surface area contributed by atoms with E-state index in [0.717, 1.165) is 26.2 Å². The van der Waals surface area contributed by atoms with Crippen LogP contribution in [0.1, 0.15) is 0 Å². The first-order chi connectivity index (χ1) is 8.27. The van der Waals surface area contributed by atoms with Crippen LogP contribution < -0.4 is 10.6 Å². The summed E-state index contributed by atoms with van der Waals surface area (Å²) in [5.41, 5.74) is 0. The van der Waals surface area contributed by atoms with Crippen molar-refractivity contribution >= 4 is 23.3 Å². The second kappa shape index (κ2) is 5.79. The van der Waals surface area contributed by atoms with Gasteiger partial charge in [-0.3, -0.25) is 4.79 Å². The molecule has 7 heteroatoms. The van der Waals surface area contributed by atoms with Crippen LogP contribution in [0.25, 0.3) is 0 Å². The summed E-state index contributed by atoms with van der Waals surface area (Å²) >= 11 is 5.87. The van der Waals surface area contributed by atoms with Gasteiger partial charge in [-0.25, -0.2) is 9.97 Å². The topological polar surface area (TPSA) is 70.2 Å². The van der Waals surface area contributed by atoms with Crippen molar-refractivity contribution < 1.29 is 4.79 Å². The van der Waals surface area contributed by atoms with Crippen LogP contribution in [0.5, 0.6) is 0 Å². The summed E-state index contributed by atoms with van der Waals surface area (Å²) in [5.74, 6) is 0.548. The Hall–Kier alpha value is -1.40. The van der Waals surface area contributed by atoms with Crippen molar-refractivity contribution in [2.45, 2.75) is 0 Å². The first-order valence-corrected chi connectivity index (χ1v) is 5.83. The highest BCUT2D eigenvalue weighted by Crippen LogP contribution is 2.15.